The SMILES string of the molecule is COc1cc2sc(C(=O)CCC(=O)O[C@H]3CCNC3)cc2c(F)c1CCCOc1c(C=O)cc2c(c1F)CN(C(=O)CCC(=O)O)C2. The molecule has 0 unspecified atom stereocenters. The molecule has 0 bridgehead atoms. The smallest absolute Gasteiger partial charge is 0.306 e. The number of carbonyl (C=O) groups excluding carboxylic acids is 4. The van der Waals surface area contributed by atoms with Gasteiger partial charge in [0.25, 0.3) is 0 Å². The fraction of sp³-hybridized carbons (Fsp3) is 0.424. The van der Waals surface area contributed by atoms with Crippen molar-refractivity contribution >= 4 is 51.3 Å². The average molecular weight is 673 g/mol. The number of amides is 1. The van der Waals surface area contributed by atoms with Crippen LogP contribution in [0.1, 0.15) is 75.2 Å². The number of aldehydes is 1. The Morgan fingerprint density at radius 2 is 1.89 bits per heavy atom. The van der Waals surface area contributed by atoms with Gasteiger partial charge in [-0.3, -0.25) is 24.0 Å². The second-order valence-corrected chi connectivity index (χ2v) is 12.5. The predicted octanol–water partition coefficient (Wildman–Crippen LogP) is 4.59. The van der Waals surface area contributed by atoms with Crippen molar-refractivity contribution in [3.8, 4) is 11.5 Å². The molecule has 0 saturated carbocycles. The van der Waals surface area contributed by atoms with Crippen molar-refractivity contribution in [2.75, 3.05) is 26.8 Å². The van der Waals surface area contributed by atoms with Crippen molar-refractivity contribution < 1.29 is 52.1 Å². The van der Waals surface area contributed by atoms with E-state index in [1.807, 2.05) is 0 Å². The van der Waals surface area contributed by atoms with Crippen LogP contribution in [0.4, 0.5) is 8.78 Å². The van der Waals surface area contributed by atoms with E-state index < -0.39 is 29.5 Å². The number of carboxylic acids is 1. The number of carboxylic acid groups (broad SMARTS) is 1. The molecular formula is C33H34F2N2O9S. The van der Waals surface area contributed by atoms with Gasteiger partial charge < -0.3 is 29.5 Å². The van der Waals surface area contributed by atoms with E-state index in [9.17, 15) is 24.0 Å². The van der Waals surface area contributed by atoms with Gasteiger partial charge in [0, 0.05) is 53.7 Å². The van der Waals surface area contributed by atoms with Gasteiger partial charge in [0.05, 0.1) is 37.0 Å². The fourth-order valence-corrected chi connectivity index (χ4v) is 6.79. The number of nitrogens with zero attached hydrogens (tertiary/aromatic N) is 1. The van der Waals surface area contributed by atoms with Gasteiger partial charge in [0.15, 0.2) is 23.6 Å². The van der Waals surface area contributed by atoms with Gasteiger partial charge >= 0.3 is 11.9 Å². The first-order valence-corrected chi connectivity index (χ1v) is 16.0. The number of nitrogens with one attached hydrogen (secondary N) is 1. The quantitative estimate of drug-likeness (QED) is 0.102. The average Bonchev–Trinajstić information content (AvgIpc) is 3.82. The highest BCUT2D eigenvalue weighted by atomic mass is 32.1. The lowest BCUT2D eigenvalue weighted by molar-refractivity contribution is -0.148. The van der Waals surface area contributed by atoms with Crippen molar-refractivity contribution in [1.29, 1.82) is 0 Å². The Hall–Kier alpha value is -4.43. The number of hydrogen-bond donors (Lipinski definition) is 2. The Bertz CT molecular complexity index is 1720. The van der Waals surface area contributed by atoms with Crippen LogP contribution in [0, 0.1) is 11.6 Å². The summed E-state index contributed by atoms with van der Waals surface area (Å²) in [7, 11) is 1.40. The number of fused-ring (bicyclic) bond motifs is 2. The third-order valence-corrected chi connectivity index (χ3v) is 9.31. The summed E-state index contributed by atoms with van der Waals surface area (Å²) in [6.07, 6.45) is 0.667. The number of ether oxygens (including phenoxy) is 3. The Balaban J connectivity index is 1.22. The first-order valence-electron chi connectivity index (χ1n) is 15.2. The molecule has 1 atom stereocenters. The van der Waals surface area contributed by atoms with E-state index >= 15 is 8.78 Å². The van der Waals surface area contributed by atoms with Crippen LogP contribution in [-0.2, 0) is 38.6 Å². The first kappa shape index (κ1) is 33.9. The Morgan fingerprint density at radius 1 is 1.09 bits per heavy atom. The van der Waals surface area contributed by atoms with E-state index in [4.69, 9.17) is 19.3 Å². The third kappa shape index (κ3) is 7.76. The second kappa shape index (κ2) is 15.0. The number of esters is 1. The van der Waals surface area contributed by atoms with E-state index in [1.165, 1.54) is 24.1 Å². The molecule has 2 aliphatic rings. The van der Waals surface area contributed by atoms with Crippen molar-refractivity contribution in [3.05, 3.63) is 57.0 Å². The minimum absolute atomic E-state index is 0.0365. The zero-order valence-corrected chi connectivity index (χ0v) is 26.5. The van der Waals surface area contributed by atoms with Gasteiger partial charge in [-0.15, -0.1) is 11.3 Å². The molecule has 3 aromatic rings. The Kier molecular flexibility index (Phi) is 10.8. The highest BCUT2D eigenvalue weighted by Gasteiger charge is 2.30. The topological polar surface area (TPSA) is 149 Å². The van der Waals surface area contributed by atoms with Gasteiger partial charge in [-0.2, -0.15) is 0 Å². The van der Waals surface area contributed by atoms with Crippen molar-refractivity contribution in [2.24, 2.45) is 0 Å². The predicted molar refractivity (Wildman–Crippen MR) is 166 cm³/mol. The van der Waals surface area contributed by atoms with Crippen LogP contribution in [-0.4, -0.2) is 72.8 Å². The highest BCUT2D eigenvalue weighted by molar-refractivity contribution is 7.20. The molecule has 250 valence electrons. The maximum atomic E-state index is 15.7. The summed E-state index contributed by atoms with van der Waals surface area (Å²) < 4.78 is 48.2. The Labute approximate surface area is 272 Å². The third-order valence-electron chi connectivity index (χ3n) is 8.19. The zero-order chi connectivity index (χ0) is 33.7. The van der Waals surface area contributed by atoms with Gasteiger partial charge in [-0.1, -0.05) is 0 Å². The molecule has 2 N–H and O–H groups in total. The van der Waals surface area contributed by atoms with Crippen LogP contribution >= 0.6 is 11.3 Å². The molecule has 11 nitrogen and oxygen atoms in total. The molecule has 0 spiro atoms. The summed E-state index contributed by atoms with van der Waals surface area (Å²) in [6, 6.07) is 4.56. The molecule has 3 heterocycles. The largest absolute Gasteiger partial charge is 0.496 e. The van der Waals surface area contributed by atoms with Crippen LogP contribution in [0.3, 0.4) is 0 Å². The number of methoxy groups -OCH3 is 1. The molecule has 2 aliphatic heterocycles. The Morgan fingerprint density at radius 3 is 2.60 bits per heavy atom. The number of benzene rings is 2. The summed E-state index contributed by atoms with van der Waals surface area (Å²) >= 11 is 1.11. The molecule has 14 heteroatoms. The standard InChI is InChI=1S/C33H34F2N2O9S/c1-44-25-13-26-22(12-27(47-26)24(39)4-7-30(43)46-20-8-9-36-14-20)31(34)21(25)3-2-10-45-33-19(17-38)11-18-15-37(16-23(18)32(33)35)28(40)5-6-29(41)42/h11-13,17,20,36H,2-10,14-16H2,1H3,(H,41,42)/t20-/m0/s1. The highest BCUT2D eigenvalue weighted by Crippen LogP contribution is 2.37. The second-order valence-electron chi connectivity index (χ2n) is 11.4. The van der Waals surface area contributed by atoms with Gasteiger partial charge in [0.1, 0.15) is 17.7 Å². The van der Waals surface area contributed by atoms with Crippen LogP contribution in [0.2, 0.25) is 0 Å². The lowest BCUT2D eigenvalue weighted by Crippen LogP contribution is -2.25. The van der Waals surface area contributed by atoms with Gasteiger partial charge in [-0.05, 0) is 49.6 Å². The number of Topliss-reactive ketones (excluding diaryl/α,β-unsaturated/α-hetero) is 1. The van der Waals surface area contributed by atoms with Gasteiger partial charge in [-0.25, -0.2) is 8.78 Å². The van der Waals surface area contributed by atoms with E-state index in [-0.39, 0.29) is 104 Å². The molecule has 0 radical (unpaired) electrons. The number of aliphatic carboxylic acids is 1. The maximum absolute atomic E-state index is 15.7. The first-order chi connectivity index (χ1) is 22.6. The molecular weight excluding hydrogens is 638 g/mol. The normalized spacial score (nSPS) is 15.5. The lowest BCUT2D eigenvalue weighted by atomic mass is 10.0. The number of rotatable bonds is 15. The van der Waals surface area contributed by atoms with E-state index in [2.05, 4.69) is 5.32 Å². The minimum atomic E-state index is -1.11. The summed E-state index contributed by atoms with van der Waals surface area (Å²) in [5.41, 5.74) is 0.842. The molecule has 47 heavy (non-hydrogen) atoms. The van der Waals surface area contributed by atoms with Crippen LogP contribution in [0.25, 0.3) is 10.1 Å². The van der Waals surface area contributed by atoms with Gasteiger partial charge in [0.2, 0.25) is 5.91 Å². The molecule has 1 aromatic heterocycles. The maximum Gasteiger partial charge on any atom is 0.306 e. The fourth-order valence-electron chi connectivity index (χ4n) is 5.74. The van der Waals surface area contributed by atoms with E-state index in [0.29, 0.717) is 28.0 Å². The van der Waals surface area contributed by atoms with Crippen molar-refractivity contribution in [3.63, 3.8) is 0 Å². The summed E-state index contributed by atoms with van der Waals surface area (Å²) in [5.74, 6) is -3.63. The van der Waals surface area contributed by atoms with Crippen molar-refractivity contribution in [1.82, 2.24) is 10.2 Å². The lowest BCUT2D eigenvalue weighted by Gasteiger charge is -2.14. The van der Waals surface area contributed by atoms with Crippen LogP contribution in [0.5, 0.6) is 11.5 Å². The monoisotopic (exact) mass is 672 g/mol. The number of halogens is 2. The molecule has 5 rings (SSSR count). The summed E-state index contributed by atoms with van der Waals surface area (Å²) in [5, 5.41) is 12.2. The number of ketones is 1. The number of hydrogen-bond acceptors (Lipinski definition) is 10. The number of carbonyl (C=O) groups is 5. The molecule has 1 amide bonds. The van der Waals surface area contributed by atoms with E-state index in [1.54, 1.807) is 6.07 Å². The van der Waals surface area contributed by atoms with Crippen molar-refractivity contribution in [2.45, 2.75) is 64.1 Å². The molecule has 2 aromatic carbocycles. The molecule has 1 saturated heterocycles. The van der Waals surface area contributed by atoms with Crippen LogP contribution in [0.15, 0.2) is 18.2 Å². The minimum Gasteiger partial charge on any atom is -0.496 e. The number of thiophene rings is 1. The molecule has 1 fully saturated rings. The zero-order valence-electron chi connectivity index (χ0n) is 25.7. The van der Waals surface area contributed by atoms with Crippen LogP contribution < -0.4 is 14.8 Å². The molecule has 0 aliphatic carbocycles. The summed E-state index contributed by atoms with van der Waals surface area (Å²) in [4.78, 5) is 61.6. The summed E-state index contributed by atoms with van der Waals surface area (Å²) in [6.45, 7) is 1.27. The van der Waals surface area contributed by atoms with E-state index in [0.717, 1.165) is 24.3 Å².